The van der Waals surface area contributed by atoms with Gasteiger partial charge in [0, 0.05) is 11.1 Å². The van der Waals surface area contributed by atoms with Crippen LogP contribution in [0.25, 0.3) is 0 Å². The van der Waals surface area contributed by atoms with Gasteiger partial charge in [-0.05, 0) is 27.1 Å². The van der Waals surface area contributed by atoms with Crippen molar-refractivity contribution < 1.29 is 19.1 Å². The smallest absolute Gasteiger partial charge is 0.496 e. The zero-order valence-corrected chi connectivity index (χ0v) is 12.0. The van der Waals surface area contributed by atoms with Crippen LogP contribution in [0.3, 0.4) is 0 Å². The summed E-state index contributed by atoms with van der Waals surface area (Å²) < 4.78 is 8.91. The number of carbonyl (C=O) groups is 2. The fourth-order valence-electron chi connectivity index (χ4n) is 0.432. The maximum Gasteiger partial charge on any atom is 2.00 e. The molecule has 0 aromatic heterocycles. The van der Waals surface area contributed by atoms with Crippen LogP contribution in [-0.4, -0.2) is 48.2 Å². The van der Waals surface area contributed by atoms with Crippen LogP contribution in [-0.2, 0) is 19.1 Å². The van der Waals surface area contributed by atoms with Crippen molar-refractivity contribution in [1.29, 1.82) is 0 Å². The molecule has 0 saturated heterocycles. The van der Waals surface area contributed by atoms with Gasteiger partial charge in [0.15, 0.2) is 0 Å². The third kappa shape index (κ3) is 15.2. The van der Waals surface area contributed by atoms with E-state index in [1.54, 1.807) is 13.8 Å². The first kappa shape index (κ1) is 21.5. The Morgan fingerprint density at radius 3 is 1.24 bits per heavy atom. The second kappa shape index (κ2) is 13.3. The first-order chi connectivity index (χ1) is 7.36. The van der Waals surface area contributed by atoms with Crippen molar-refractivity contribution in [2.24, 2.45) is 0 Å². The van der Waals surface area contributed by atoms with E-state index in [0.717, 1.165) is 0 Å². The van der Waals surface area contributed by atoms with Crippen LogP contribution in [0.15, 0.2) is 24.3 Å². The number of carbonyl (C=O) groups excluding carboxylic acids is 2. The fourth-order valence-corrected chi connectivity index (χ4v) is 0.432. The van der Waals surface area contributed by atoms with Crippen LogP contribution in [0.1, 0.15) is 13.8 Å². The Balaban J connectivity index is -0.000000218. The Morgan fingerprint density at radius 2 is 1.18 bits per heavy atom. The standard InChI is InChI=1S/2C6H9O2.Mg/c2*1-4-8-6(7)5(2)3;/h2*1-2,4H2,3H3;/q2*-1;+2. The molecule has 0 aromatic rings. The van der Waals surface area contributed by atoms with Crippen molar-refractivity contribution in [3.05, 3.63) is 38.2 Å². The van der Waals surface area contributed by atoms with E-state index in [1.165, 1.54) is 0 Å². The van der Waals surface area contributed by atoms with E-state index in [1.807, 2.05) is 0 Å². The predicted molar refractivity (Wildman–Crippen MR) is 68.0 cm³/mol. The number of hydrogen-bond donors (Lipinski definition) is 0. The van der Waals surface area contributed by atoms with Gasteiger partial charge in [0.1, 0.15) is 0 Å². The second-order valence-electron chi connectivity index (χ2n) is 2.83. The van der Waals surface area contributed by atoms with Crippen LogP contribution < -0.4 is 0 Å². The van der Waals surface area contributed by atoms with Crippen molar-refractivity contribution in [3.8, 4) is 0 Å². The van der Waals surface area contributed by atoms with Gasteiger partial charge >= 0.3 is 35.0 Å². The summed E-state index contributed by atoms with van der Waals surface area (Å²) in [5.41, 5.74) is 0.822. The van der Waals surface area contributed by atoms with Crippen molar-refractivity contribution in [2.75, 3.05) is 13.2 Å². The van der Waals surface area contributed by atoms with Gasteiger partial charge in [-0.25, -0.2) is 9.59 Å². The molecule has 5 heteroatoms. The average molecular weight is 251 g/mol. The summed E-state index contributed by atoms with van der Waals surface area (Å²) in [6.45, 7) is 16.9. The van der Waals surface area contributed by atoms with Gasteiger partial charge in [-0.15, -0.1) is 0 Å². The molecule has 0 N–H and O–H groups in total. The van der Waals surface area contributed by atoms with Crippen LogP contribution >= 0.6 is 0 Å². The van der Waals surface area contributed by atoms with Gasteiger partial charge in [-0.3, -0.25) is 0 Å². The first-order valence-electron chi connectivity index (χ1n) is 4.60. The molecule has 0 aliphatic heterocycles. The zero-order valence-electron chi connectivity index (χ0n) is 10.6. The third-order valence-electron chi connectivity index (χ3n) is 1.16. The van der Waals surface area contributed by atoms with E-state index in [9.17, 15) is 9.59 Å². The SMILES string of the molecule is C=C(C)C(=O)OC[CH2-].C=C(C)C(=O)OC[CH2-].[Mg+2]. The maximum absolute atomic E-state index is 10.4. The van der Waals surface area contributed by atoms with Crippen molar-refractivity contribution in [3.63, 3.8) is 0 Å². The molecule has 4 nitrogen and oxygen atoms in total. The van der Waals surface area contributed by atoms with Gasteiger partial charge in [0.2, 0.25) is 0 Å². The molecular weight excluding hydrogens is 232 g/mol. The molecule has 0 radical (unpaired) electrons. The zero-order chi connectivity index (χ0) is 13.1. The third-order valence-corrected chi connectivity index (χ3v) is 1.16. The molecular formula is C12H18MgO4. The molecule has 0 aliphatic carbocycles. The Kier molecular flexibility index (Phi) is 16.7. The minimum Gasteiger partial charge on any atom is -0.496 e. The molecule has 0 atom stereocenters. The van der Waals surface area contributed by atoms with E-state index in [4.69, 9.17) is 0 Å². The largest absolute Gasteiger partial charge is 2.00 e. The Hall–Kier alpha value is -0.814. The van der Waals surface area contributed by atoms with Crippen LogP contribution in [0.2, 0.25) is 0 Å². The molecule has 0 bridgehead atoms. The molecule has 0 fully saturated rings. The van der Waals surface area contributed by atoms with E-state index in [0.29, 0.717) is 11.1 Å². The molecule has 0 heterocycles. The van der Waals surface area contributed by atoms with Crippen molar-refractivity contribution in [1.82, 2.24) is 0 Å². The summed E-state index contributed by atoms with van der Waals surface area (Å²) in [5.74, 6) is -0.750. The molecule has 17 heavy (non-hydrogen) atoms. The van der Waals surface area contributed by atoms with E-state index >= 15 is 0 Å². The first-order valence-corrected chi connectivity index (χ1v) is 4.60. The Morgan fingerprint density at radius 1 is 0.941 bits per heavy atom. The number of rotatable bonds is 4. The molecule has 0 aromatic carbocycles. The quantitative estimate of drug-likeness (QED) is 0.328. The second-order valence-corrected chi connectivity index (χ2v) is 2.83. The number of esters is 2. The van der Waals surface area contributed by atoms with Gasteiger partial charge in [0.25, 0.3) is 0 Å². The summed E-state index contributed by atoms with van der Waals surface area (Å²) in [5, 5.41) is 0. The predicted octanol–water partition coefficient (Wildman–Crippen LogP) is 1.50. The van der Waals surface area contributed by atoms with E-state index < -0.39 is 0 Å². The summed E-state index contributed by atoms with van der Waals surface area (Å²) in [6, 6.07) is 0. The van der Waals surface area contributed by atoms with Gasteiger partial charge in [0.05, 0.1) is 0 Å². The molecule has 0 unspecified atom stereocenters. The monoisotopic (exact) mass is 250 g/mol. The fraction of sp³-hybridized carbons (Fsp3) is 0.333. The topological polar surface area (TPSA) is 52.6 Å². The molecule has 0 rings (SSSR count). The molecule has 0 aliphatic rings. The Labute approximate surface area is 119 Å². The average Bonchev–Trinajstić information content (AvgIpc) is 2.19. The minimum atomic E-state index is -0.375. The van der Waals surface area contributed by atoms with Crippen molar-refractivity contribution in [2.45, 2.75) is 13.8 Å². The molecule has 0 spiro atoms. The van der Waals surface area contributed by atoms with Gasteiger partial charge in [-0.1, -0.05) is 13.2 Å². The minimum absolute atomic E-state index is 0. The number of hydrogen-bond acceptors (Lipinski definition) is 4. The summed E-state index contributed by atoms with van der Waals surface area (Å²) in [6.07, 6.45) is 0. The normalized spacial score (nSPS) is 7.76. The van der Waals surface area contributed by atoms with Crippen LogP contribution in [0.5, 0.6) is 0 Å². The molecule has 0 amide bonds. The van der Waals surface area contributed by atoms with E-state index in [2.05, 4.69) is 36.5 Å². The number of ether oxygens (including phenoxy) is 2. The summed E-state index contributed by atoms with van der Waals surface area (Å²) >= 11 is 0. The summed E-state index contributed by atoms with van der Waals surface area (Å²) in [7, 11) is 0. The molecule has 92 valence electrons. The van der Waals surface area contributed by atoms with Crippen LogP contribution in [0, 0.1) is 13.8 Å². The van der Waals surface area contributed by atoms with Crippen molar-refractivity contribution >= 4 is 35.0 Å². The van der Waals surface area contributed by atoms with E-state index in [-0.39, 0.29) is 48.2 Å². The van der Waals surface area contributed by atoms with Gasteiger partial charge < -0.3 is 23.3 Å². The maximum atomic E-state index is 10.4. The molecule has 0 saturated carbocycles. The summed E-state index contributed by atoms with van der Waals surface area (Å²) in [4.78, 5) is 20.8. The Bertz CT molecular complexity index is 244. The van der Waals surface area contributed by atoms with Gasteiger partial charge in [-0.2, -0.15) is 0 Å². The van der Waals surface area contributed by atoms with Crippen LogP contribution in [0.4, 0.5) is 0 Å².